The van der Waals surface area contributed by atoms with Crippen molar-refractivity contribution in [1.82, 2.24) is 0 Å². The molecule has 0 aromatic carbocycles. The molecular formula is C8H20O4S2. The largest absolute Gasteiger partial charge is 0.229 e. The van der Waals surface area contributed by atoms with Crippen molar-refractivity contribution in [3.8, 4) is 0 Å². The van der Waals surface area contributed by atoms with Crippen LogP contribution in [0.25, 0.3) is 0 Å². The zero-order chi connectivity index (χ0) is 12.2. The van der Waals surface area contributed by atoms with Crippen molar-refractivity contribution in [2.24, 2.45) is 0 Å². The average Bonchev–Trinajstić information content (AvgIpc) is 1.83. The second-order valence-electron chi connectivity index (χ2n) is 3.76. The normalized spacial score (nSPS) is 12.6. The van der Waals surface area contributed by atoms with Crippen LogP contribution in [0.15, 0.2) is 0 Å². The lowest BCUT2D eigenvalue weighted by Crippen LogP contribution is -2.10. The van der Waals surface area contributed by atoms with Crippen molar-refractivity contribution >= 4 is 19.7 Å². The van der Waals surface area contributed by atoms with Crippen LogP contribution in [0.3, 0.4) is 0 Å². The fourth-order valence-electron chi connectivity index (χ4n) is 0. The van der Waals surface area contributed by atoms with E-state index in [0.29, 0.717) is 0 Å². The Kier molecular flexibility index (Phi) is 6.65. The van der Waals surface area contributed by atoms with E-state index in [-0.39, 0.29) is 10.5 Å². The summed E-state index contributed by atoms with van der Waals surface area (Å²) in [6, 6.07) is 0. The summed E-state index contributed by atoms with van der Waals surface area (Å²) in [5.74, 6) is 0. The summed E-state index contributed by atoms with van der Waals surface area (Å²) in [7, 11) is -5.48. The maximum Gasteiger partial charge on any atom is 0.149 e. The summed E-state index contributed by atoms with van der Waals surface area (Å²) in [6.07, 6.45) is 2.47. The van der Waals surface area contributed by atoms with Crippen LogP contribution in [0, 0.1) is 0 Å². The SMILES string of the molecule is CC(C)S(C)(=O)=O.CC(C)S(C)(=O)=O. The van der Waals surface area contributed by atoms with Crippen LogP contribution in [0.1, 0.15) is 27.7 Å². The van der Waals surface area contributed by atoms with E-state index in [1.54, 1.807) is 27.7 Å². The molecule has 0 fully saturated rings. The first-order chi connectivity index (χ1) is 5.89. The highest BCUT2D eigenvalue weighted by molar-refractivity contribution is 7.91. The van der Waals surface area contributed by atoms with Gasteiger partial charge in [0.15, 0.2) is 0 Å². The van der Waals surface area contributed by atoms with Gasteiger partial charge in [0.05, 0.1) is 10.5 Å². The Morgan fingerprint density at radius 3 is 0.714 bits per heavy atom. The van der Waals surface area contributed by atoms with Crippen LogP contribution in [0.5, 0.6) is 0 Å². The van der Waals surface area contributed by atoms with Gasteiger partial charge >= 0.3 is 0 Å². The molecule has 14 heavy (non-hydrogen) atoms. The van der Waals surface area contributed by atoms with E-state index in [2.05, 4.69) is 0 Å². The molecule has 0 saturated carbocycles. The lowest BCUT2D eigenvalue weighted by molar-refractivity contribution is 0.592. The molecular weight excluding hydrogens is 224 g/mol. The van der Waals surface area contributed by atoms with Crippen molar-refractivity contribution in [2.45, 2.75) is 38.2 Å². The number of rotatable bonds is 2. The molecule has 0 unspecified atom stereocenters. The molecule has 0 N–H and O–H groups in total. The van der Waals surface area contributed by atoms with Gasteiger partial charge in [-0.15, -0.1) is 0 Å². The molecule has 88 valence electrons. The van der Waals surface area contributed by atoms with E-state index in [9.17, 15) is 16.8 Å². The molecule has 0 aliphatic heterocycles. The van der Waals surface area contributed by atoms with Crippen molar-refractivity contribution in [3.05, 3.63) is 0 Å². The van der Waals surface area contributed by atoms with Gasteiger partial charge in [-0.25, -0.2) is 16.8 Å². The molecule has 0 spiro atoms. The third-order valence-electron chi connectivity index (χ3n) is 1.71. The minimum atomic E-state index is -2.74. The van der Waals surface area contributed by atoms with E-state index >= 15 is 0 Å². The molecule has 0 aromatic heterocycles. The molecule has 4 nitrogen and oxygen atoms in total. The fraction of sp³-hybridized carbons (Fsp3) is 1.00. The Balaban J connectivity index is 0. The molecule has 0 saturated heterocycles. The maximum absolute atomic E-state index is 10.3. The Morgan fingerprint density at radius 1 is 0.643 bits per heavy atom. The van der Waals surface area contributed by atoms with E-state index in [1.165, 1.54) is 12.5 Å². The van der Waals surface area contributed by atoms with Gasteiger partial charge in [-0.1, -0.05) is 0 Å². The minimum Gasteiger partial charge on any atom is -0.229 e. The van der Waals surface area contributed by atoms with Crippen LogP contribution >= 0.6 is 0 Å². The monoisotopic (exact) mass is 244 g/mol. The van der Waals surface area contributed by atoms with Crippen LogP contribution in [0.2, 0.25) is 0 Å². The Labute approximate surface area is 87.6 Å². The minimum absolute atomic E-state index is 0.229. The summed E-state index contributed by atoms with van der Waals surface area (Å²) < 4.78 is 41.3. The van der Waals surface area contributed by atoms with Gasteiger partial charge in [-0.05, 0) is 27.7 Å². The van der Waals surface area contributed by atoms with Crippen LogP contribution in [0.4, 0.5) is 0 Å². The first-order valence-electron chi connectivity index (χ1n) is 4.26. The molecule has 0 bridgehead atoms. The van der Waals surface area contributed by atoms with Gasteiger partial charge < -0.3 is 0 Å². The van der Waals surface area contributed by atoms with Crippen LogP contribution in [-0.2, 0) is 19.7 Å². The smallest absolute Gasteiger partial charge is 0.149 e. The van der Waals surface area contributed by atoms with E-state index in [1.807, 2.05) is 0 Å². The molecule has 0 heterocycles. The number of hydrogen-bond acceptors (Lipinski definition) is 4. The molecule has 0 radical (unpaired) electrons. The molecule has 0 rings (SSSR count). The predicted octanol–water partition coefficient (Wildman–Crippen LogP) is 0.879. The molecule has 0 aliphatic rings. The Morgan fingerprint density at radius 2 is 0.714 bits per heavy atom. The van der Waals surface area contributed by atoms with Gasteiger partial charge in [-0.2, -0.15) is 0 Å². The molecule has 6 heteroatoms. The van der Waals surface area contributed by atoms with Gasteiger partial charge in [0.2, 0.25) is 0 Å². The molecule has 0 aliphatic carbocycles. The summed E-state index contributed by atoms with van der Waals surface area (Å²) in [6.45, 7) is 6.65. The number of hydrogen-bond donors (Lipinski definition) is 0. The predicted molar refractivity (Wildman–Crippen MR) is 60.0 cm³/mol. The summed E-state index contributed by atoms with van der Waals surface area (Å²) in [5.41, 5.74) is 0. The zero-order valence-electron chi connectivity index (χ0n) is 9.60. The van der Waals surface area contributed by atoms with Gasteiger partial charge in [0.1, 0.15) is 19.7 Å². The van der Waals surface area contributed by atoms with Gasteiger partial charge in [0.25, 0.3) is 0 Å². The van der Waals surface area contributed by atoms with Gasteiger partial charge in [0, 0.05) is 12.5 Å². The lowest BCUT2D eigenvalue weighted by atomic mass is 10.6. The van der Waals surface area contributed by atoms with Crippen LogP contribution in [-0.4, -0.2) is 39.8 Å². The van der Waals surface area contributed by atoms with Crippen molar-refractivity contribution in [1.29, 1.82) is 0 Å². The van der Waals surface area contributed by atoms with Crippen molar-refractivity contribution in [2.75, 3.05) is 12.5 Å². The highest BCUT2D eigenvalue weighted by Gasteiger charge is 2.06. The van der Waals surface area contributed by atoms with E-state index in [0.717, 1.165) is 0 Å². The Hall–Kier alpha value is -0.100. The molecule has 0 aromatic rings. The van der Waals surface area contributed by atoms with E-state index < -0.39 is 19.7 Å². The molecule has 0 amide bonds. The average molecular weight is 244 g/mol. The third kappa shape index (κ3) is 9.98. The fourth-order valence-corrected chi connectivity index (χ4v) is 0. The second-order valence-corrected chi connectivity index (χ2v) is 8.96. The summed E-state index contributed by atoms with van der Waals surface area (Å²) in [4.78, 5) is 0. The first kappa shape index (κ1) is 16.3. The highest BCUT2D eigenvalue weighted by atomic mass is 32.2. The highest BCUT2D eigenvalue weighted by Crippen LogP contribution is 1.93. The van der Waals surface area contributed by atoms with Gasteiger partial charge in [-0.3, -0.25) is 0 Å². The second kappa shape index (κ2) is 5.70. The number of sulfone groups is 2. The standard InChI is InChI=1S/2C4H10O2S/c2*1-4(2)7(3,5)6/h2*4H,1-3H3. The van der Waals surface area contributed by atoms with Crippen molar-refractivity contribution < 1.29 is 16.8 Å². The van der Waals surface area contributed by atoms with E-state index in [4.69, 9.17) is 0 Å². The first-order valence-corrected chi connectivity index (χ1v) is 8.17. The van der Waals surface area contributed by atoms with Crippen molar-refractivity contribution in [3.63, 3.8) is 0 Å². The quantitative estimate of drug-likeness (QED) is 0.723. The zero-order valence-corrected chi connectivity index (χ0v) is 11.2. The lowest BCUT2D eigenvalue weighted by Gasteiger charge is -1.96. The maximum atomic E-state index is 10.3. The summed E-state index contributed by atoms with van der Waals surface area (Å²) >= 11 is 0. The Bertz CT molecular complexity index is 300. The third-order valence-corrected chi connectivity index (χ3v) is 5.14. The van der Waals surface area contributed by atoms with Crippen LogP contribution < -0.4 is 0 Å². The molecule has 0 atom stereocenters. The summed E-state index contributed by atoms with van der Waals surface area (Å²) in [5, 5.41) is -0.458. The topological polar surface area (TPSA) is 68.3 Å².